The molecule has 31 heavy (non-hydrogen) atoms. The summed E-state index contributed by atoms with van der Waals surface area (Å²) in [6, 6.07) is 19.1. The summed E-state index contributed by atoms with van der Waals surface area (Å²) in [7, 11) is -3.33. The molecular weight excluding hydrogens is 441 g/mol. The zero-order valence-electron chi connectivity index (χ0n) is 16.4. The van der Waals surface area contributed by atoms with Gasteiger partial charge in [-0.1, -0.05) is 17.7 Å². The van der Waals surface area contributed by atoms with Gasteiger partial charge in [-0.2, -0.15) is 0 Å². The molecule has 0 saturated carbocycles. The molecule has 5 nitrogen and oxygen atoms in total. The monoisotopic (exact) mass is 457 g/mol. The number of oxazole rings is 1. The fraction of sp³-hybridized carbons (Fsp3) is 0.0870. The summed E-state index contributed by atoms with van der Waals surface area (Å²) in [6.45, 7) is 0.0515. The van der Waals surface area contributed by atoms with Crippen LogP contribution in [0, 0.1) is 5.82 Å². The minimum atomic E-state index is -3.33. The SMILES string of the molecule is CS(=O)(=O)c1ccc(-c2oc(COc3cccc(Cl)c3)nc2-c2ccc(F)cc2)cc1. The number of ether oxygens (including phenoxy) is 1. The predicted molar refractivity (Wildman–Crippen MR) is 116 cm³/mol. The van der Waals surface area contributed by atoms with Crippen LogP contribution >= 0.6 is 11.6 Å². The fourth-order valence-corrected chi connectivity index (χ4v) is 3.79. The molecule has 0 atom stereocenters. The topological polar surface area (TPSA) is 69.4 Å². The largest absolute Gasteiger partial charge is 0.484 e. The second-order valence-corrected chi connectivity index (χ2v) is 9.29. The number of halogens is 2. The molecule has 0 aliphatic heterocycles. The third kappa shape index (κ3) is 4.95. The molecule has 1 heterocycles. The number of nitrogens with zero attached hydrogens (tertiary/aromatic N) is 1. The summed E-state index contributed by atoms with van der Waals surface area (Å²) >= 11 is 5.98. The van der Waals surface area contributed by atoms with Gasteiger partial charge in [-0.05, 0) is 66.7 Å². The van der Waals surface area contributed by atoms with E-state index in [0.29, 0.717) is 39.2 Å². The van der Waals surface area contributed by atoms with Gasteiger partial charge in [0.15, 0.2) is 22.2 Å². The Morgan fingerprint density at radius 2 is 1.68 bits per heavy atom. The van der Waals surface area contributed by atoms with Gasteiger partial charge in [0.1, 0.15) is 17.3 Å². The van der Waals surface area contributed by atoms with Crippen molar-refractivity contribution in [3.05, 3.63) is 89.5 Å². The molecular formula is C23H17ClFNO4S. The van der Waals surface area contributed by atoms with Crippen molar-refractivity contribution < 1.29 is 22.0 Å². The molecule has 0 saturated heterocycles. The lowest BCUT2D eigenvalue weighted by molar-refractivity contribution is 0.264. The van der Waals surface area contributed by atoms with E-state index < -0.39 is 9.84 Å². The van der Waals surface area contributed by atoms with E-state index >= 15 is 0 Å². The van der Waals surface area contributed by atoms with Crippen molar-refractivity contribution in [1.82, 2.24) is 4.98 Å². The lowest BCUT2D eigenvalue weighted by Gasteiger charge is -2.04. The number of aromatic nitrogens is 1. The summed E-state index contributed by atoms with van der Waals surface area (Å²) in [6.07, 6.45) is 1.14. The average Bonchev–Trinajstić information content (AvgIpc) is 3.17. The van der Waals surface area contributed by atoms with Crippen molar-refractivity contribution in [2.24, 2.45) is 0 Å². The van der Waals surface area contributed by atoms with Crippen molar-refractivity contribution in [2.45, 2.75) is 11.5 Å². The first-order chi connectivity index (χ1) is 14.8. The van der Waals surface area contributed by atoms with Crippen LogP contribution in [-0.2, 0) is 16.4 Å². The average molecular weight is 458 g/mol. The minimum absolute atomic E-state index is 0.0515. The van der Waals surface area contributed by atoms with Crippen LogP contribution in [0.25, 0.3) is 22.6 Å². The molecule has 4 rings (SSSR count). The van der Waals surface area contributed by atoms with E-state index in [1.54, 1.807) is 48.5 Å². The Hall–Kier alpha value is -3.16. The van der Waals surface area contributed by atoms with Gasteiger partial charge in [-0.25, -0.2) is 17.8 Å². The third-order valence-corrected chi connectivity index (χ3v) is 5.86. The van der Waals surface area contributed by atoms with Crippen molar-refractivity contribution in [1.29, 1.82) is 0 Å². The van der Waals surface area contributed by atoms with Gasteiger partial charge in [-0.3, -0.25) is 0 Å². The lowest BCUT2D eigenvalue weighted by atomic mass is 10.1. The second kappa shape index (κ2) is 8.53. The van der Waals surface area contributed by atoms with E-state index in [-0.39, 0.29) is 17.3 Å². The first-order valence-corrected chi connectivity index (χ1v) is 11.5. The summed E-state index contributed by atoms with van der Waals surface area (Å²) in [5, 5.41) is 0.545. The number of sulfone groups is 1. The Morgan fingerprint density at radius 1 is 1.00 bits per heavy atom. The Labute approximate surface area is 184 Å². The van der Waals surface area contributed by atoms with Gasteiger partial charge in [0.25, 0.3) is 0 Å². The molecule has 0 unspecified atom stereocenters. The van der Waals surface area contributed by atoms with Gasteiger partial charge in [-0.15, -0.1) is 0 Å². The van der Waals surface area contributed by atoms with E-state index in [2.05, 4.69) is 4.98 Å². The summed E-state index contributed by atoms with van der Waals surface area (Å²) in [5.74, 6) is 0.932. The predicted octanol–water partition coefficient (Wildman–Crippen LogP) is 5.78. The van der Waals surface area contributed by atoms with Crippen LogP contribution in [-0.4, -0.2) is 19.7 Å². The molecule has 1 aromatic heterocycles. The van der Waals surface area contributed by atoms with Gasteiger partial charge in [0.2, 0.25) is 5.89 Å². The maximum Gasteiger partial charge on any atom is 0.233 e. The molecule has 0 amide bonds. The van der Waals surface area contributed by atoms with Crippen molar-refractivity contribution >= 4 is 21.4 Å². The summed E-state index contributed by atoms with van der Waals surface area (Å²) < 4.78 is 48.6. The van der Waals surface area contributed by atoms with Crippen LogP contribution in [0.1, 0.15) is 5.89 Å². The third-order valence-electron chi connectivity index (χ3n) is 4.49. The van der Waals surface area contributed by atoms with Gasteiger partial charge < -0.3 is 9.15 Å². The Balaban J connectivity index is 1.71. The van der Waals surface area contributed by atoms with Gasteiger partial charge >= 0.3 is 0 Å². The smallest absolute Gasteiger partial charge is 0.233 e. The van der Waals surface area contributed by atoms with E-state index in [0.717, 1.165) is 6.26 Å². The molecule has 0 spiro atoms. The van der Waals surface area contributed by atoms with E-state index in [1.807, 2.05) is 0 Å². The molecule has 0 N–H and O–H groups in total. The zero-order valence-corrected chi connectivity index (χ0v) is 18.0. The van der Waals surface area contributed by atoms with Crippen LogP contribution in [0.15, 0.2) is 82.1 Å². The number of hydrogen-bond acceptors (Lipinski definition) is 5. The fourth-order valence-electron chi connectivity index (χ4n) is 2.98. The van der Waals surface area contributed by atoms with E-state index in [4.69, 9.17) is 20.8 Å². The Kier molecular flexibility index (Phi) is 5.80. The van der Waals surface area contributed by atoms with Crippen LogP contribution in [0.4, 0.5) is 4.39 Å². The standard InChI is InChI=1S/C23H17ClFNO4S/c1-31(27,28)20-11-7-16(8-12-20)23-22(15-5-9-18(25)10-6-15)26-21(30-23)14-29-19-4-2-3-17(24)13-19/h2-13H,14H2,1H3. The molecule has 0 bridgehead atoms. The quantitative estimate of drug-likeness (QED) is 0.367. The van der Waals surface area contributed by atoms with Gasteiger partial charge in [0, 0.05) is 22.4 Å². The summed E-state index contributed by atoms with van der Waals surface area (Å²) in [5.41, 5.74) is 1.78. The normalized spacial score (nSPS) is 11.5. The van der Waals surface area contributed by atoms with Crippen LogP contribution < -0.4 is 4.74 Å². The minimum Gasteiger partial charge on any atom is -0.484 e. The molecule has 0 aliphatic carbocycles. The van der Waals surface area contributed by atoms with Crippen molar-refractivity contribution in [3.8, 4) is 28.3 Å². The highest BCUT2D eigenvalue weighted by Crippen LogP contribution is 2.34. The molecule has 0 fully saturated rings. The lowest BCUT2D eigenvalue weighted by Crippen LogP contribution is -1.96. The maximum absolute atomic E-state index is 13.4. The van der Waals surface area contributed by atoms with Crippen LogP contribution in [0.5, 0.6) is 5.75 Å². The number of rotatable bonds is 6. The van der Waals surface area contributed by atoms with Crippen molar-refractivity contribution in [2.75, 3.05) is 6.26 Å². The molecule has 3 aromatic carbocycles. The zero-order chi connectivity index (χ0) is 22.0. The molecule has 0 radical (unpaired) electrons. The highest BCUT2D eigenvalue weighted by molar-refractivity contribution is 7.90. The molecule has 8 heteroatoms. The first kappa shape index (κ1) is 21.1. The van der Waals surface area contributed by atoms with Gasteiger partial charge in [0.05, 0.1) is 4.90 Å². The van der Waals surface area contributed by atoms with Crippen molar-refractivity contribution in [3.63, 3.8) is 0 Å². The molecule has 0 aliphatic rings. The Bertz CT molecular complexity index is 1320. The van der Waals surface area contributed by atoms with E-state index in [1.165, 1.54) is 24.3 Å². The molecule has 4 aromatic rings. The molecule has 158 valence electrons. The number of hydrogen-bond donors (Lipinski definition) is 0. The summed E-state index contributed by atoms with van der Waals surface area (Å²) in [4.78, 5) is 4.73. The maximum atomic E-state index is 13.4. The van der Waals surface area contributed by atoms with Crippen LogP contribution in [0.2, 0.25) is 5.02 Å². The number of benzene rings is 3. The second-order valence-electron chi connectivity index (χ2n) is 6.83. The van der Waals surface area contributed by atoms with E-state index in [9.17, 15) is 12.8 Å². The first-order valence-electron chi connectivity index (χ1n) is 9.24. The highest BCUT2D eigenvalue weighted by atomic mass is 35.5. The highest BCUT2D eigenvalue weighted by Gasteiger charge is 2.18. The van der Waals surface area contributed by atoms with Crippen LogP contribution in [0.3, 0.4) is 0 Å². The Morgan fingerprint density at radius 3 is 2.32 bits per heavy atom.